The van der Waals surface area contributed by atoms with Crippen LogP contribution in [0.1, 0.15) is 380 Å². The number of unbranched alkanes of at least 4 members (excludes halogenated alkanes) is 48. The first-order chi connectivity index (χ1) is 38.0. The molecule has 0 heterocycles. The van der Waals surface area contributed by atoms with E-state index in [4.69, 9.17) is 4.74 Å². The van der Waals surface area contributed by atoms with Crippen molar-refractivity contribution < 1.29 is 24.5 Å². The van der Waals surface area contributed by atoms with Crippen molar-refractivity contribution in [2.45, 2.75) is 392 Å². The van der Waals surface area contributed by atoms with Crippen molar-refractivity contribution in [3.8, 4) is 0 Å². The number of hydrogen-bond acceptors (Lipinski definition) is 5. The first-order valence-corrected chi connectivity index (χ1v) is 34.7. The number of amides is 1. The molecule has 0 fully saturated rings. The van der Waals surface area contributed by atoms with Crippen molar-refractivity contribution in [3.63, 3.8) is 0 Å². The van der Waals surface area contributed by atoms with Gasteiger partial charge in [-0.25, -0.2) is 0 Å². The van der Waals surface area contributed by atoms with Crippen molar-refractivity contribution >= 4 is 11.9 Å². The van der Waals surface area contributed by atoms with Crippen LogP contribution in [0.4, 0.5) is 0 Å². The van der Waals surface area contributed by atoms with Crippen LogP contribution in [0.25, 0.3) is 0 Å². The average Bonchev–Trinajstić information content (AvgIpc) is 3.43. The standard InChI is InChI=1S/C71H135NO5/c1-3-5-7-9-11-13-15-17-18-34-38-41-45-49-53-57-61-65-71(76)77-66-62-58-54-50-46-42-39-36-33-31-29-27-25-23-21-19-20-22-24-26-28-30-32-35-37-40-44-48-52-56-60-64-70(75)72-68(67-73)69(74)63-59-55-51-47-43-16-14-12-10-8-6-4-2/h17-18,21,23,27,29,68-69,73-74H,3-16,19-20,22,24-26,28,30-67H2,1-2H3,(H,72,75)/b18-17-,23-21-,29-27-. The second-order valence-corrected chi connectivity index (χ2v) is 23.9. The van der Waals surface area contributed by atoms with Crippen molar-refractivity contribution in [3.05, 3.63) is 36.5 Å². The van der Waals surface area contributed by atoms with Gasteiger partial charge in [-0.15, -0.1) is 0 Å². The molecule has 2 unspecified atom stereocenters. The monoisotopic (exact) mass is 1080 g/mol. The van der Waals surface area contributed by atoms with Gasteiger partial charge in [0.1, 0.15) is 0 Å². The summed E-state index contributed by atoms with van der Waals surface area (Å²) < 4.78 is 5.50. The molecule has 0 aliphatic heterocycles. The molecular weight excluding hydrogens is 947 g/mol. The lowest BCUT2D eigenvalue weighted by molar-refractivity contribution is -0.143. The van der Waals surface area contributed by atoms with Gasteiger partial charge in [-0.1, -0.05) is 320 Å². The van der Waals surface area contributed by atoms with Crippen LogP contribution in [-0.2, 0) is 14.3 Å². The number of hydrogen-bond donors (Lipinski definition) is 3. The Balaban J connectivity index is 3.37. The van der Waals surface area contributed by atoms with Crippen LogP contribution >= 0.6 is 0 Å². The number of rotatable bonds is 65. The van der Waals surface area contributed by atoms with Crippen molar-refractivity contribution in [1.29, 1.82) is 0 Å². The van der Waals surface area contributed by atoms with Gasteiger partial charge in [-0.3, -0.25) is 9.59 Å². The second kappa shape index (κ2) is 66.6. The number of aliphatic hydroxyl groups is 2. The molecule has 0 aromatic rings. The van der Waals surface area contributed by atoms with Gasteiger partial charge in [-0.05, 0) is 83.5 Å². The third-order valence-electron chi connectivity index (χ3n) is 16.2. The van der Waals surface area contributed by atoms with Gasteiger partial charge >= 0.3 is 5.97 Å². The van der Waals surface area contributed by atoms with Gasteiger partial charge in [0.25, 0.3) is 0 Å². The lowest BCUT2D eigenvalue weighted by atomic mass is 10.0. The van der Waals surface area contributed by atoms with E-state index in [0.29, 0.717) is 25.9 Å². The van der Waals surface area contributed by atoms with E-state index in [-0.39, 0.29) is 18.5 Å². The minimum atomic E-state index is -0.663. The topological polar surface area (TPSA) is 95.9 Å². The maximum atomic E-state index is 12.5. The Hall–Kier alpha value is -1.92. The van der Waals surface area contributed by atoms with E-state index >= 15 is 0 Å². The minimum absolute atomic E-state index is 0.0102. The molecule has 0 radical (unpaired) electrons. The quantitative estimate of drug-likeness (QED) is 0.0320. The second-order valence-electron chi connectivity index (χ2n) is 23.9. The summed E-state index contributed by atoms with van der Waals surface area (Å²) in [6, 6.07) is -0.540. The molecule has 2 atom stereocenters. The molecule has 0 spiro atoms. The van der Waals surface area contributed by atoms with E-state index in [1.54, 1.807) is 0 Å². The minimum Gasteiger partial charge on any atom is -0.466 e. The normalized spacial score (nSPS) is 12.7. The number of aliphatic hydroxyl groups excluding tert-OH is 2. The molecule has 1 amide bonds. The van der Waals surface area contributed by atoms with E-state index in [1.807, 2.05) is 0 Å². The third kappa shape index (κ3) is 63.1. The maximum absolute atomic E-state index is 12.5. The number of carbonyl (C=O) groups excluding carboxylic acids is 2. The Bertz CT molecular complexity index is 1250. The Morgan fingerprint density at radius 1 is 0.364 bits per heavy atom. The SMILES string of the molecule is CCCCCCCC/C=C\CCCCCCCCCC(=O)OCCCCCCCCCCC/C=C\C/C=C\CCCCCCCCCCCCCCCCCC(=O)NC(CO)C(O)CCCCCCCCCCCCCC. The van der Waals surface area contributed by atoms with Crippen LogP contribution in [0.2, 0.25) is 0 Å². The van der Waals surface area contributed by atoms with E-state index < -0.39 is 12.1 Å². The molecule has 0 saturated carbocycles. The molecule has 0 aromatic heterocycles. The summed E-state index contributed by atoms with van der Waals surface area (Å²) in [5.41, 5.74) is 0. The molecule has 0 aromatic carbocycles. The lowest BCUT2D eigenvalue weighted by Gasteiger charge is -2.22. The van der Waals surface area contributed by atoms with Gasteiger partial charge < -0.3 is 20.3 Å². The predicted molar refractivity (Wildman–Crippen MR) is 338 cm³/mol. The molecule has 3 N–H and O–H groups in total. The van der Waals surface area contributed by atoms with Crippen LogP contribution in [-0.4, -0.2) is 47.4 Å². The summed E-state index contributed by atoms with van der Waals surface area (Å²) in [6.45, 7) is 4.96. The summed E-state index contributed by atoms with van der Waals surface area (Å²) in [7, 11) is 0. The first-order valence-electron chi connectivity index (χ1n) is 34.7. The summed E-state index contributed by atoms with van der Waals surface area (Å²) in [5.74, 6) is -0.0233. The fraction of sp³-hybridized carbons (Fsp3) is 0.887. The molecule has 454 valence electrons. The molecule has 0 saturated heterocycles. The Morgan fingerprint density at radius 2 is 0.649 bits per heavy atom. The number of nitrogens with one attached hydrogen (secondary N) is 1. The van der Waals surface area contributed by atoms with Crippen LogP contribution in [0.3, 0.4) is 0 Å². The molecule has 77 heavy (non-hydrogen) atoms. The van der Waals surface area contributed by atoms with Crippen LogP contribution < -0.4 is 5.32 Å². The molecule has 0 aliphatic carbocycles. The van der Waals surface area contributed by atoms with Crippen molar-refractivity contribution in [2.75, 3.05) is 13.2 Å². The fourth-order valence-corrected chi connectivity index (χ4v) is 10.8. The molecule has 0 aliphatic rings. The molecular formula is C71H135NO5. The largest absolute Gasteiger partial charge is 0.466 e. The number of ether oxygens (including phenoxy) is 1. The van der Waals surface area contributed by atoms with Crippen LogP contribution in [0.15, 0.2) is 36.5 Å². The average molecular weight is 1080 g/mol. The summed E-state index contributed by atoms with van der Waals surface area (Å²) in [6.07, 6.45) is 84.8. The summed E-state index contributed by atoms with van der Waals surface area (Å²) in [4.78, 5) is 24.6. The van der Waals surface area contributed by atoms with Crippen LogP contribution in [0.5, 0.6) is 0 Å². The van der Waals surface area contributed by atoms with E-state index in [2.05, 4.69) is 55.6 Å². The van der Waals surface area contributed by atoms with Gasteiger partial charge in [-0.2, -0.15) is 0 Å². The zero-order chi connectivity index (χ0) is 55.7. The van der Waals surface area contributed by atoms with Gasteiger partial charge in [0, 0.05) is 12.8 Å². The lowest BCUT2D eigenvalue weighted by Crippen LogP contribution is -2.45. The van der Waals surface area contributed by atoms with E-state index in [1.165, 1.54) is 295 Å². The molecule has 6 nitrogen and oxygen atoms in total. The highest BCUT2D eigenvalue weighted by molar-refractivity contribution is 5.76. The number of esters is 1. The zero-order valence-electron chi connectivity index (χ0n) is 52.0. The number of carbonyl (C=O) groups is 2. The first kappa shape index (κ1) is 75.1. The van der Waals surface area contributed by atoms with Gasteiger partial charge in [0.2, 0.25) is 5.91 Å². The summed E-state index contributed by atoms with van der Waals surface area (Å²) >= 11 is 0. The molecule has 0 bridgehead atoms. The van der Waals surface area contributed by atoms with E-state index in [0.717, 1.165) is 51.4 Å². The number of allylic oxidation sites excluding steroid dienone is 6. The van der Waals surface area contributed by atoms with Crippen LogP contribution in [0, 0.1) is 0 Å². The predicted octanol–water partition coefficient (Wildman–Crippen LogP) is 22.3. The Labute approximate surface area is 481 Å². The van der Waals surface area contributed by atoms with Gasteiger partial charge in [0.15, 0.2) is 0 Å². The Kier molecular flexibility index (Phi) is 64.9. The van der Waals surface area contributed by atoms with Crippen molar-refractivity contribution in [1.82, 2.24) is 5.32 Å². The highest BCUT2D eigenvalue weighted by Crippen LogP contribution is 2.18. The highest BCUT2D eigenvalue weighted by Gasteiger charge is 2.20. The van der Waals surface area contributed by atoms with Gasteiger partial charge in [0.05, 0.1) is 25.4 Å². The zero-order valence-corrected chi connectivity index (χ0v) is 52.0. The summed E-state index contributed by atoms with van der Waals surface area (Å²) in [5, 5.41) is 23.2. The molecule has 0 rings (SSSR count). The third-order valence-corrected chi connectivity index (χ3v) is 16.2. The molecule has 6 heteroatoms. The smallest absolute Gasteiger partial charge is 0.305 e. The van der Waals surface area contributed by atoms with E-state index in [9.17, 15) is 19.8 Å². The maximum Gasteiger partial charge on any atom is 0.305 e. The fourth-order valence-electron chi connectivity index (χ4n) is 10.8. The van der Waals surface area contributed by atoms with Crippen molar-refractivity contribution in [2.24, 2.45) is 0 Å². The Morgan fingerprint density at radius 3 is 1.00 bits per heavy atom. The highest BCUT2D eigenvalue weighted by atomic mass is 16.5.